The number of benzene rings is 1. The first-order chi connectivity index (χ1) is 12.1. The highest BCUT2D eigenvalue weighted by Gasteiger charge is 2.23. The van der Waals surface area contributed by atoms with Crippen molar-refractivity contribution in [3.8, 4) is 17.0 Å². The highest BCUT2D eigenvalue weighted by Crippen LogP contribution is 2.33. The molecule has 0 aliphatic carbocycles. The lowest BCUT2D eigenvalue weighted by Crippen LogP contribution is -2.04. The number of ether oxygens (including phenoxy) is 1. The van der Waals surface area contributed by atoms with Crippen molar-refractivity contribution in [2.75, 3.05) is 6.61 Å². The van der Waals surface area contributed by atoms with Crippen LogP contribution in [0.4, 0.5) is 0 Å². The Morgan fingerprint density at radius 3 is 2.48 bits per heavy atom. The number of imidazole rings is 1. The number of carboxylic acids is 1. The number of hydrogen-bond acceptors (Lipinski definition) is 4. The molecule has 25 heavy (non-hydrogen) atoms. The van der Waals surface area contributed by atoms with Crippen molar-refractivity contribution in [2.24, 2.45) is 0 Å². The lowest BCUT2D eigenvalue weighted by Gasteiger charge is -2.07. The fourth-order valence-electron chi connectivity index (χ4n) is 3.09. The molecule has 2 aromatic heterocycles. The van der Waals surface area contributed by atoms with E-state index in [4.69, 9.17) is 9.72 Å². The van der Waals surface area contributed by atoms with Crippen LogP contribution in [0.15, 0.2) is 24.3 Å². The summed E-state index contributed by atoms with van der Waals surface area (Å²) < 4.78 is 7.55. The van der Waals surface area contributed by atoms with Gasteiger partial charge >= 0.3 is 5.97 Å². The van der Waals surface area contributed by atoms with Gasteiger partial charge in [0.25, 0.3) is 0 Å². The van der Waals surface area contributed by atoms with Gasteiger partial charge in [-0.2, -0.15) is 0 Å². The average Bonchev–Trinajstić information content (AvgIpc) is 3.13. The van der Waals surface area contributed by atoms with Gasteiger partial charge in [-0.1, -0.05) is 31.6 Å². The fourth-order valence-corrected chi connectivity index (χ4v) is 4.12. The molecule has 0 unspecified atom stereocenters. The molecule has 3 rings (SSSR count). The van der Waals surface area contributed by atoms with Crippen molar-refractivity contribution in [1.82, 2.24) is 9.38 Å². The zero-order valence-electron chi connectivity index (χ0n) is 14.7. The van der Waals surface area contributed by atoms with E-state index in [0.717, 1.165) is 52.6 Å². The van der Waals surface area contributed by atoms with Crippen LogP contribution in [-0.2, 0) is 12.8 Å². The van der Waals surface area contributed by atoms with Crippen LogP contribution in [0.25, 0.3) is 16.2 Å². The number of carbonyl (C=O) groups is 1. The Bertz CT molecular complexity index is 894. The number of carboxylic acid groups (broad SMARTS) is 1. The predicted molar refractivity (Wildman–Crippen MR) is 100 cm³/mol. The first-order valence-corrected chi connectivity index (χ1v) is 9.41. The van der Waals surface area contributed by atoms with Crippen molar-refractivity contribution in [1.29, 1.82) is 0 Å². The third-order valence-corrected chi connectivity index (χ3v) is 5.19. The summed E-state index contributed by atoms with van der Waals surface area (Å²) in [6.45, 7) is 6.74. The summed E-state index contributed by atoms with van der Waals surface area (Å²) in [6, 6.07) is 7.91. The average molecular weight is 358 g/mol. The molecule has 0 spiro atoms. The highest BCUT2D eigenvalue weighted by atomic mass is 32.1. The molecule has 1 N–H and O–H groups in total. The third kappa shape index (κ3) is 3.14. The van der Waals surface area contributed by atoms with E-state index in [1.165, 1.54) is 11.3 Å². The summed E-state index contributed by atoms with van der Waals surface area (Å²) in [5.41, 5.74) is 3.87. The first-order valence-electron chi connectivity index (χ1n) is 8.60. The summed E-state index contributed by atoms with van der Waals surface area (Å²) in [6.07, 6.45) is 2.41. The topological polar surface area (TPSA) is 63.8 Å². The maximum Gasteiger partial charge on any atom is 0.347 e. The molecule has 0 aliphatic rings. The van der Waals surface area contributed by atoms with Gasteiger partial charge in [-0.05, 0) is 44.0 Å². The Kier molecular flexibility index (Phi) is 5.08. The van der Waals surface area contributed by atoms with Crippen LogP contribution in [0, 0.1) is 0 Å². The molecule has 0 saturated carbocycles. The summed E-state index contributed by atoms with van der Waals surface area (Å²) in [5.74, 6) is -0.0335. The van der Waals surface area contributed by atoms with Crippen molar-refractivity contribution in [3.63, 3.8) is 0 Å². The Labute approximate surface area is 150 Å². The summed E-state index contributed by atoms with van der Waals surface area (Å²) >= 11 is 1.26. The van der Waals surface area contributed by atoms with Crippen LogP contribution in [0.3, 0.4) is 0 Å². The van der Waals surface area contributed by atoms with Crippen molar-refractivity contribution >= 4 is 22.3 Å². The van der Waals surface area contributed by atoms with Gasteiger partial charge in [0.2, 0.25) is 0 Å². The number of thiazole rings is 1. The minimum Gasteiger partial charge on any atom is -0.494 e. The van der Waals surface area contributed by atoms with Crippen LogP contribution in [0.2, 0.25) is 0 Å². The van der Waals surface area contributed by atoms with E-state index in [1.54, 1.807) is 0 Å². The minimum absolute atomic E-state index is 0.400. The molecule has 0 radical (unpaired) electrons. The quantitative estimate of drug-likeness (QED) is 0.666. The Morgan fingerprint density at radius 1 is 1.20 bits per heavy atom. The molecule has 1 aromatic carbocycles. The van der Waals surface area contributed by atoms with Gasteiger partial charge < -0.3 is 9.84 Å². The van der Waals surface area contributed by atoms with Crippen LogP contribution in [0.5, 0.6) is 5.75 Å². The van der Waals surface area contributed by atoms with Gasteiger partial charge in [0, 0.05) is 11.3 Å². The number of aromatic carboxylic acids is 1. The predicted octanol–water partition coefficient (Wildman–Crippen LogP) is 4.67. The van der Waals surface area contributed by atoms with Crippen LogP contribution in [-0.4, -0.2) is 27.1 Å². The van der Waals surface area contributed by atoms with E-state index in [0.29, 0.717) is 11.5 Å². The zero-order valence-corrected chi connectivity index (χ0v) is 15.5. The molecule has 2 heterocycles. The standard InChI is InChI=1S/C19H22N2O3S/c1-4-7-15-17(18(22)23)25-19-20-16(14(5-2)21(15)19)12-8-10-13(11-9-12)24-6-3/h8-11H,4-7H2,1-3H3,(H,22,23). The molecule has 3 aromatic rings. The maximum atomic E-state index is 11.6. The van der Waals surface area contributed by atoms with Gasteiger partial charge in [-0.15, -0.1) is 0 Å². The number of nitrogens with zero attached hydrogens (tertiary/aromatic N) is 2. The summed E-state index contributed by atoms with van der Waals surface area (Å²) in [4.78, 5) is 17.5. The van der Waals surface area contributed by atoms with E-state index in [-0.39, 0.29) is 0 Å². The summed E-state index contributed by atoms with van der Waals surface area (Å²) in [7, 11) is 0. The van der Waals surface area contributed by atoms with E-state index < -0.39 is 5.97 Å². The van der Waals surface area contributed by atoms with Gasteiger partial charge in [-0.3, -0.25) is 4.40 Å². The van der Waals surface area contributed by atoms with Gasteiger partial charge in [0.15, 0.2) is 4.96 Å². The van der Waals surface area contributed by atoms with Crippen molar-refractivity contribution in [2.45, 2.75) is 40.0 Å². The molecular weight excluding hydrogens is 336 g/mol. The molecular formula is C19H22N2O3S. The van der Waals surface area contributed by atoms with E-state index in [1.807, 2.05) is 35.6 Å². The lowest BCUT2D eigenvalue weighted by molar-refractivity contribution is 0.0700. The zero-order chi connectivity index (χ0) is 18.0. The smallest absolute Gasteiger partial charge is 0.347 e. The van der Waals surface area contributed by atoms with Gasteiger partial charge in [0.1, 0.15) is 10.6 Å². The number of fused-ring (bicyclic) bond motifs is 1. The van der Waals surface area contributed by atoms with Crippen LogP contribution >= 0.6 is 11.3 Å². The molecule has 132 valence electrons. The number of rotatable bonds is 7. The Balaban J connectivity index is 2.15. The first kappa shape index (κ1) is 17.5. The van der Waals surface area contributed by atoms with E-state index in [2.05, 4.69) is 13.8 Å². The lowest BCUT2D eigenvalue weighted by atomic mass is 10.1. The molecule has 6 heteroatoms. The number of hydrogen-bond donors (Lipinski definition) is 1. The minimum atomic E-state index is -0.872. The molecule has 0 atom stereocenters. The number of aromatic nitrogens is 2. The SMILES string of the molecule is CCCc1c(C(=O)O)sc2nc(-c3ccc(OCC)cc3)c(CC)n12. The third-order valence-electron chi connectivity index (χ3n) is 4.12. The molecule has 0 saturated heterocycles. The second kappa shape index (κ2) is 7.27. The van der Waals surface area contributed by atoms with Crippen molar-refractivity contribution in [3.05, 3.63) is 40.5 Å². The second-order valence-electron chi connectivity index (χ2n) is 5.77. The van der Waals surface area contributed by atoms with Crippen LogP contribution in [0.1, 0.15) is 48.3 Å². The van der Waals surface area contributed by atoms with Crippen molar-refractivity contribution < 1.29 is 14.6 Å². The molecule has 0 fully saturated rings. The van der Waals surface area contributed by atoms with Gasteiger partial charge in [0.05, 0.1) is 18.0 Å². The van der Waals surface area contributed by atoms with Crippen LogP contribution < -0.4 is 4.74 Å². The Morgan fingerprint density at radius 2 is 1.92 bits per heavy atom. The van der Waals surface area contributed by atoms with E-state index in [9.17, 15) is 9.90 Å². The Hall–Kier alpha value is -2.34. The summed E-state index contributed by atoms with van der Waals surface area (Å²) in [5, 5.41) is 9.50. The molecule has 0 aliphatic heterocycles. The number of aryl methyl sites for hydroxylation is 2. The monoisotopic (exact) mass is 358 g/mol. The molecule has 5 nitrogen and oxygen atoms in total. The maximum absolute atomic E-state index is 11.6. The normalized spacial score (nSPS) is 11.2. The molecule has 0 amide bonds. The molecule has 0 bridgehead atoms. The largest absolute Gasteiger partial charge is 0.494 e. The second-order valence-corrected chi connectivity index (χ2v) is 6.75. The highest BCUT2D eigenvalue weighted by molar-refractivity contribution is 7.19. The van der Waals surface area contributed by atoms with Gasteiger partial charge in [-0.25, -0.2) is 9.78 Å². The van der Waals surface area contributed by atoms with E-state index >= 15 is 0 Å². The fraction of sp³-hybridized carbons (Fsp3) is 0.368.